The van der Waals surface area contributed by atoms with Gasteiger partial charge in [-0.25, -0.2) is 14.6 Å². The van der Waals surface area contributed by atoms with Crippen molar-refractivity contribution < 1.29 is 23.1 Å². The maximum atomic E-state index is 13.1. The number of nitrogens with zero attached hydrogens (tertiary/aromatic N) is 1. The third kappa shape index (κ3) is 4.40. The van der Waals surface area contributed by atoms with Crippen molar-refractivity contribution in [1.29, 1.82) is 0 Å². The molecule has 0 radical (unpaired) electrons. The molecule has 0 saturated heterocycles. The Morgan fingerprint density at radius 1 is 1.03 bits per heavy atom. The van der Waals surface area contributed by atoms with Crippen LogP contribution in [0, 0.1) is 19.7 Å². The van der Waals surface area contributed by atoms with Crippen molar-refractivity contribution in [2.45, 2.75) is 33.1 Å². The van der Waals surface area contributed by atoms with E-state index >= 15 is 0 Å². The molecule has 0 unspecified atom stereocenters. The molecule has 6 nitrogen and oxygen atoms in total. The highest BCUT2D eigenvalue weighted by molar-refractivity contribution is 6.06. The van der Waals surface area contributed by atoms with Crippen molar-refractivity contribution in [2.75, 3.05) is 0 Å². The number of aryl methyl sites for hydroxylation is 2. The molecule has 1 aliphatic carbocycles. The molecule has 7 heteroatoms. The van der Waals surface area contributed by atoms with Crippen LogP contribution >= 0.6 is 0 Å². The molecule has 0 aliphatic heterocycles. The van der Waals surface area contributed by atoms with Gasteiger partial charge in [0.05, 0.1) is 5.71 Å². The lowest BCUT2D eigenvalue weighted by molar-refractivity contribution is 0.0698. The van der Waals surface area contributed by atoms with E-state index in [0.717, 1.165) is 17.5 Å². The van der Waals surface area contributed by atoms with E-state index in [1.807, 2.05) is 19.1 Å². The zero-order valence-electron chi connectivity index (χ0n) is 17.2. The van der Waals surface area contributed by atoms with Crippen LogP contribution in [0.15, 0.2) is 58.0 Å². The summed E-state index contributed by atoms with van der Waals surface area (Å²) in [6, 6.07) is 12.4. The van der Waals surface area contributed by atoms with Crippen LogP contribution in [0.4, 0.5) is 4.39 Å². The second-order valence-electron chi connectivity index (χ2n) is 7.42. The molecule has 0 saturated carbocycles. The fourth-order valence-electron chi connectivity index (χ4n) is 3.52. The van der Waals surface area contributed by atoms with Gasteiger partial charge in [-0.1, -0.05) is 17.7 Å². The number of halogens is 1. The van der Waals surface area contributed by atoms with E-state index in [2.05, 4.69) is 10.5 Å². The number of rotatable bonds is 4. The van der Waals surface area contributed by atoms with Gasteiger partial charge in [0.15, 0.2) is 0 Å². The summed E-state index contributed by atoms with van der Waals surface area (Å²) in [5, 5.41) is 4.31. The molecule has 0 spiro atoms. The van der Waals surface area contributed by atoms with Gasteiger partial charge in [-0.3, -0.25) is 4.79 Å². The van der Waals surface area contributed by atoms with E-state index in [0.29, 0.717) is 35.4 Å². The number of carbonyl (C=O) groups excluding carboxylic acids is 2. The molecule has 1 aromatic heterocycles. The van der Waals surface area contributed by atoms with Gasteiger partial charge in [0.1, 0.15) is 17.3 Å². The van der Waals surface area contributed by atoms with Crippen LogP contribution in [0.25, 0.3) is 0 Å². The van der Waals surface area contributed by atoms with Crippen LogP contribution in [0.1, 0.15) is 56.2 Å². The number of amides is 1. The molecular formula is C24H21FN2O4. The predicted molar refractivity (Wildman–Crippen MR) is 113 cm³/mol. The van der Waals surface area contributed by atoms with Gasteiger partial charge < -0.3 is 9.15 Å². The lowest BCUT2D eigenvalue weighted by Gasteiger charge is -2.13. The highest BCUT2D eigenvalue weighted by atomic mass is 19.1. The summed E-state index contributed by atoms with van der Waals surface area (Å²) in [6.07, 6.45) is 2.09. The van der Waals surface area contributed by atoms with E-state index in [9.17, 15) is 14.0 Å². The largest absolute Gasteiger partial charge is 0.453 e. The normalized spacial score (nSPS) is 14.2. The average Bonchev–Trinajstić information content (AvgIpc) is 3.11. The standard InChI is InChI=1S/C24H21FN2O4/c1-14-6-8-16(9-7-14)23(28)27-26-19-4-3-5-20-21(19)15(2)22(31-20)24(29)30-18-12-10-17(25)11-13-18/h6-13H,3-5H2,1-2H3,(H,27,28)/b26-19+. The number of ether oxygens (including phenoxy) is 1. The topological polar surface area (TPSA) is 80.9 Å². The van der Waals surface area contributed by atoms with Gasteiger partial charge in [-0.2, -0.15) is 5.10 Å². The quantitative estimate of drug-likeness (QED) is 0.376. The summed E-state index contributed by atoms with van der Waals surface area (Å²) in [4.78, 5) is 25.0. The SMILES string of the molecule is Cc1ccc(C(=O)N/N=C2\CCCc3oc(C(=O)Oc4ccc(F)cc4)c(C)c32)cc1. The first-order chi connectivity index (χ1) is 14.9. The van der Waals surface area contributed by atoms with E-state index in [4.69, 9.17) is 9.15 Å². The Labute approximate surface area is 178 Å². The van der Waals surface area contributed by atoms with Gasteiger partial charge in [0.25, 0.3) is 5.91 Å². The first-order valence-corrected chi connectivity index (χ1v) is 9.96. The van der Waals surface area contributed by atoms with E-state index in [-0.39, 0.29) is 17.4 Å². The van der Waals surface area contributed by atoms with E-state index in [1.165, 1.54) is 24.3 Å². The summed E-state index contributed by atoms with van der Waals surface area (Å²) in [5.41, 5.74) is 6.15. The first-order valence-electron chi connectivity index (χ1n) is 9.96. The predicted octanol–water partition coefficient (Wildman–Crippen LogP) is 4.73. The van der Waals surface area contributed by atoms with Crippen molar-refractivity contribution >= 4 is 17.6 Å². The van der Waals surface area contributed by atoms with Gasteiger partial charge in [0, 0.05) is 23.1 Å². The zero-order valence-corrected chi connectivity index (χ0v) is 17.2. The highest BCUT2D eigenvalue weighted by Gasteiger charge is 2.29. The third-order valence-corrected chi connectivity index (χ3v) is 5.14. The zero-order chi connectivity index (χ0) is 22.0. The fraction of sp³-hybridized carbons (Fsp3) is 0.208. The molecular weight excluding hydrogens is 399 g/mol. The Morgan fingerprint density at radius 2 is 1.74 bits per heavy atom. The lowest BCUT2D eigenvalue weighted by atomic mass is 9.93. The van der Waals surface area contributed by atoms with Crippen LogP contribution in [-0.2, 0) is 6.42 Å². The number of furan rings is 1. The molecule has 31 heavy (non-hydrogen) atoms. The molecule has 0 atom stereocenters. The molecule has 2 aromatic carbocycles. The second-order valence-corrected chi connectivity index (χ2v) is 7.42. The van der Waals surface area contributed by atoms with Crippen LogP contribution in [0.3, 0.4) is 0 Å². The number of benzene rings is 2. The molecule has 1 N–H and O–H groups in total. The van der Waals surface area contributed by atoms with Crippen molar-refractivity contribution in [1.82, 2.24) is 5.43 Å². The minimum absolute atomic E-state index is 0.0776. The molecule has 1 aliphatic rings. The number of nitrogens with one attached hydrogen (secondary N) is 1. The maximum Gasteiger partial charge on any atom is 0.379 e. The smallest absolute Gasteiger partial charge is 0.379 e. The van der Waals surface area contributed by atoms with Gasteiger partial charge in [-0.05, 0) is 63.1 Å². The molecule has 1 amide bonds. The van der Waals surface area contributed by atoms with Crippen molar-refractivity contribution in [3.8, 4) is 5.75 Å². The van der Waals surface area contributed by atoms with Gasteiger partial charge in [-0.15, -0.1) is 0 Å². The first kappa shape index (κ1) is 20.5. The number of carbonyl (C=O) groups is 2. The van der Waals surface area contributed by atoms with Crippen molar-refractivity contribution in [3.63, 3.8) is 0 Å². The highest BCUT2D eigenvalue weighted by Crippen LogP contribution is 2.30. The molecule has 4 rings (SSSR count). The van der Waals surface area contributed by atoms with Gasteiger partial charge >= 0.3 is 5.97 Å². The van der Waals surface area contributed by atoms with E-state index in [1.54, 1.807) is 19.1 Å². The minimum Gasteiger partial charge on any atom is -0.453 e. The summed E-state index contributed by atoms with van der Waals surface area (Å²) >= 11 is 0. The minimum atomic E-state index is -0.665. The van der Waals surface area contributed by atoms with Crippen LogP contribution in [-0.4, -0.2) is 17.6 Å². The van der Waals surface area contributed by atoms with E-state index < -0.39 is 11.8 Å². The molecule has 0 fully saturated rings. The molecule has 3 aromatic rings. The summed E-state index contributed by atoms with van der Waals surface area (Å²) in [7, 11) is 0. The number of esters is 1. The summed E-state index contributed by atoms with van der Waals surface area (Å²) in [6.45, 7) is 3.71. The third-order valence-electron chi connectivity index (χ3n) is 5.14. The summed E-state index contributed by atoms with van der Waals surface area (Å²) in [5.74, 6) is -0.456. The Hall–Kier alpha value is -3.74. The van der Waals surface area contributed by atoms with Crippen molar-refractivity contribution in [2.24, 2.45) is 5.10 Å². The molecule has 158 valence electrons. The monoisotopic (exact) mass is 420 g/mol. The molecule has 0 bridgehead atoms. The maximum absolute atomic E-state index is 13.1. The molecule has 1 heterocycles. The van der Waals surface area contributed by atoms with Gasteiger partial charge in [0.2, 0.25) is 5.76 Å². The Kier molecular flexibility index (Phi) is 5.66. The Balaban J connectivity index is 1.55. The average molecular weight is 420 g/mol. The second kappa shape index (κ2) is 8.55. The number of hydrogen-bond donors (Lipinski definition) is 1. The Morgan fingerprint density at radius 3 is 2.45 bits per heavy atom. The fourth-order valence-corrected chi connectivity index (χ4v) is 3.52. The Bertz CT molecular complexity index is 1160. The van der Waals surface area contributed by atoms with Crippen LogP contribution in [0.5, 0.6) is 5.75 Å². The number of fused-ring (bicyclic) bond motifs is 1. The number of hydrazone groups is 1. The lowest BCUT2D eigenvalue weighted by Crippen LogP contribution is -2.22. The van der Waals surface area contributed by atoms with Crippen molar-refractivity contribution in [3.05, 3.63) is 88.1 Å². The van der Waals surface area contributed by atoms with Crippen LogP contribution in [0.2, 0.25) is 0 Å². The number of hydrogen-bond acceptors (Lipinski definition) is 5. The van der Waals surface area contributed by atoms with Crippen LogP contribution < -0.4 is 10.2 Å². The summed E-state index contributed by atoms with van der Waals surface area (Å²) < 4.78 is 24.2.